The normalized spacial score (nSPS) is 14.5. The van der Waals surface area contributed by atoms with Gasteiger partial charge in [-0.3, -0.25) is 9.89 Å². The molecule has 1 amide bonds. The molecule has 0 unspecified atom stereocenters. The Bertz CT molecular complexity index is 1370. The van der Waals surface area contributed by atoms with Crippen LogP contribution in [0.1, 0.15) is 35.3 Å². The van der Waals surface area contributed by atoms with Crippen LogP contribution in [0.25, 0.3) is 33.4 Å². The molecular formula is C28H32N6O. The third-order valence-corrected chi connectivity index (χ3v) is 7.13. The largest absolute Gasteiger partial charge is 0.369 e. The quantitative estimate of drug-likeness (QED) is 0.441. The number of nitrogens with one attached hydrogen (secondary N) is 1. The number of H-pyrrole nitrogens is 1. The number of hydrogen-bond donors (Lipinski definition) is 2. The molecule has 7 nitrogen and oxygen atoms in total. The fraction of sp³-hybridized carbons (Fsp3) is 0.321. The minimum Gasteiger partial charge on any atom is -0.369 e. The second-order valence-corrected chi connectivity index (χ2v) is 9.23. The number of aromatic nitrogens is 3. The van der Waals surface area contributed by atoms with E-state index in [0.717, 1.165) is 71.5 Å². The Morgan fingerprint density at radius 3 is 2.40 bits per heavy atom. The number of carbonyl (C=O) groups excluding carboxylic acids is 1. The van der Waals surface area contributed by atoms with Gasteiger partial charge in [0, 0.05) is 60.1 Å². The Labute approximate surface area is 206 Å². The van der Waals surface area contributed by atoms with Crippen LogP contribution < -0.4 is 10.6 Å². The Morgan fingerprint density at radius 2 is 1.74 bits per heavy atom. The molecule has 3 heterocycles. The zero-order valence-corrected chi connectivity index (χ0v) is 20.6. The lowest BCUT2D eigenvalue weighted by Crippen LogP contribution is -2.44. The number of nitrogens with two attached hydrogens (primary N) is 1. The van der Waals surface area contributed by atoms with Crippen molar-refractivity contribution in [2.45, 2.75) is 26.7 Å². The molecule has 7 heteroatoms. The number of pyridine rings is 1. The van der Waals surface area contributed by atoms with Gasteiger partial charge < -0.3 is 15.5 Å². The maximum Gasteiger partial charge on any atom is 0.248 e. The van der Waals surface area contributed by atoms with Crippen molar-refractivity contribution in [1.82, 2.24) is 20.1 Å². The highest BCUT2D eigenvalue weighted by Gasteiger charge is 2.20. The summed E-state index contributed by atoms with van der Waals surface area (Å²) in [5.41, 5.74) is 14.3. The summed E-state index contributed by atoms with van der Waals surface area (Å²) in [7, 11) is 2.17. The number of carbonyl (C=O) groups is 1. The molecular weight excluding hydrogens is 436 g/mol. The maximum atomic E-state index is 12.1. The van der Waals surface area contributed by atoms with Crippen LogP contribution in [0.4, 0.5) is 5.69 Å². The predicted molar refractivity (Wildman–Crippen MR) is 142 cm³/mol. The molecule has 0 aliphatic carbocycles. The molecule has 180 valence electrons. The summed E-state index contributed by atoms with van der Waals surface area (Å²) in [4.78, 5) is 21.6. The first-order chi connectivity index (χ1) is 17.0. The lowest BCUT2D eigenvalue weighted by molar-refractivity contribution is 0.0999. The van der Waals surface area contributed by atoms with Crippen molar-refractivity contribution in [3.05, 3.63) is 65.4 Å². The van der Waals surface area contributed by atoms with Crippen LogP contribution in [0, 0.1) is 0 Å². The number of fused-ring (bicyclic) bond motifs is 1. The van der Waals surface area contributed by atoms with Crippen LogP contribution in [-0.4, -0.2) is 59.2 Å². The van der Waals surface area contributed by atoms with Crippen molar-refractivity contribution in [3.8, 4) is 22.4 Å². The smallest absolute Gasteiger partial charge is 0.248 e. The number of hydrogen-bond acceptors (Lipinski definition) is 5. The molecule has 0 spiro atoms. The molecule has 1 aliphatic rings. The standard InChI is InChI=1S/C28H32N6O/c1-4-18-8-11-23(27(29)35)22(5-2)25(18)26-24-16-20(17-30-28(24)32-31-26)19-6-9-21(10-7-19)34-14-12-33(3)13-15-34/h6-11,16-17H,4-5,12-15H2,1-3H3,(H2,29,35)(H,30,31,32). The topological polar surface area (TPSA) is 91.1 Å². The number of amides is 1. The minimum atomic E-state index is -0.408. The molecule has 1 aliphatic heterocycles. The van der Waals surface area contributed by atoms with E-state index in [1.165, 1.54) is 5.69 Å². The van der Waals surface area contributed by atoms with Gasteiger partial charge >= 0.3 is 0 Å². The first-order valence-electron chi connectivity index (χ1n) is 12.3. The average Bonchev–Trinajstić information content (AvgIpc) is 3.31. The van der Waals surface area contributed by atoms with E-state index in [-0.39, 0.29) is 0 Å². The lowest BCUT2D eigenvalue weighted by Gasteiger charge is -2.34. The van der Waals surface area contributed by atoms with Crippen molar-refractivity contribution in [3.63, 3.8) is 0 Å². The number of nitrogens with zero attached hydrogens (tertiary/aromatic N) is 4. The summed E-state index contributed by atoms with van der Waals surface area (Å²) in [5.74, 6) is -0.408. The van der Waals surface area contributed by atoms with E-state index in [1.54, 1.807) is 0 Å². The maximum absolute atomic E-state index is 12.1. The third kappa shape index (κ3) is 4.28. The Kier molecular flexibility index (Phi) is 6.26. The second-order valence-electron chi connectivity index (χ2n) is 9.23. The minimum absolute atomic E-state index is 0.408. The summed E-state index contributed by atoms with van der Waals surface area (Å²) in [5, 5.41) is 8.62. The monoisotopic (exact) mass is 468 g/mol. The molecule has 1 saturated heterocycles. The highest BCUT2D eigenvalue weighted by Crippen LogP contribution is 2.36. The van der Waals surface area contributed by atoms with Crippen LogP contribution in [0.5, 0.6) is 0 Å². The number of benzene rings is 2. The molecule has 35 heavy (non-hydrogen) atoms. The molecule has 5 rings (SSSR count). The Hall–Kier alpha value is -3.71. The van der Waals surface area contributed by atoms with Crippen molar-refractivity contribution >= 4 is 22.6 Å². The highest BCUT2D eigenvalue weighted by atomic mass is 16.1. The fourth-order valence-corrected chi connectivity index (χ4v) is 5.08. The van der Waals surface area contributed by atoms with Gasteiger partial charge in [0.25, 0.3) is 0 Å². The molecule has 3 N–H and O–H groups in total. The first-order valence-corrected chi connectivity index (χ1v) is 12.3. The van der Waals surface area contributed by atoms with Crippen molar-refractivity contribution in [2.24, 2.45) is 5.73 Å². The molecule has 2 aromatic heterocycles. The zero-order chi connectivity index (χ0) is 24.5. The summed E-state index contributed by atoms with van der Waals surface area (Å²) in [6.45, 7) is 8.43. The van der Waals surface area contributed by atoms with Gasteiger partial charge in [-0.1, -0.05) is 32.0 Å². The first kappa shape index (κ1) is 23.1. The van der Waals surface area contributed by atoms with Gasteiger partial charge in [-0.15, -0.1) is 0 Å². The van der Waals surface area contributed by atoms with E-state index in [0.29, 0.717) is 17.6 Å². The summed E-state index contributed by atoms with van der Waals surface area (Å²) >= 11 is 0. The van der Waals surface area contributed by atoms with E-state index in [1.807, 2.05) is 18.3 Å². The van der Waals surface area contributed by atoms with Crippen LogP contribution in [0.3, 0.4) is 0 Å². The van der Waals surface area contributed by atoms with Gasteiger partial charge in [0.15, 0.2) is 5.65 Å². The highest BCUT2D eigenvalue weighted by molar-refractivity contribution is 6.00. The number of aryl methyl sites for hydroxylation is 1. The number of piperazine rings is 1. The summed E-state index contributed by atoms with van der Waals surface area (Å²) in [6.07, 6.45) is 3.41. The van der Waals surface area contributed by atoms with Gasteiger partial charge in [0.1, 0.15) is 0 Å². The van der Waals surface area contributed by atoms with E-state index >= 15 is 0 Å². The lowest BCUT2D eigenvalue weighted by atomic mass is 9.89. The van der Waals surface area contributed by atoms with E-state index < -0.39 is 5.91 Å². The summed E-state index contributed by atoms with van der Waals surface area (Å²) in [6, 6.07) is 14.7. The number of rotatable bonds is 6. The van der Waals surface area contributed by atoms with Gasteiger partial charge in [0.05, 0.1) is 5.69 Å². The van der Waals surface area contributed by atoms with Crippen molar-refractivity contribution < 1.29 is 4.79 Å². The van der Waals surface area contributed by atoms with Crippen LogP contribution in [-0.2, 0) is 12.8 Å². The van der Waals surface area contributed by atoms with Gasteiger partial charge in [-0.2, -0.15) is 5.10 Å². The molecule has 0 saturated carbocycles. The van der Waals surface area contributed by atoms with E-state index in [9.17, 15) is 4.79 Å². The van der Waals surface area contributed by atoms with Crippen molar-refractivity contribution in [2.75, 3.05) is 38.1 Å². The molecule has 0 radical (unpaired) electrons. The van der Waals surface area contributed by atoms with Gasteiger partial charge in [0.2, 0.25) is 5.91 Å². The predicted octanol–water partition coefficient (Wildman–Crippen LogP) is 4.27. The third-order valence-electron chi connectivity index (χ3n) is 7.13. The molecule has 1 fully saturated rings. The number of anilines is 1. The van der Waals surface area contributed by atoms with Gasteiger partial charge in [-0.25, -0.2) is 4.98 Å². The van der Waals surface area contributed by atoms with Crippen LogP contribution in [0.2, 0.25) is 0 Å². The molecule has 2 aromatic carbocycles. The Morgan fingerprint density at radius 1 is 1.00 bits per heavy atom. The number of likely N-dealkylation sites (N-methyl/N-ethyl adjacent to an activating group) is 1. The number of aromatic amines is 1. The SMILES string of the molecule is CCc1ccc(C(N)=O)c(CC)c1-c1[nH]nc2ncc(-c3ccc(N4CCN(C)CC4)cc3)cc12. The molecule has 4 aromatic rings. The van der Waals surface area contributed by atoms with Crippen LogP contribution >= 0.6 is 0 Å². The average molecular weight is 469 g/mol. The zero-order valence-electron chi connectivity index (χ0n) is 20.6. The van der Waals surface area contributed by atoms with Crippen LogP contribution in [0.15, 0.2) is 48.7 Å². The molecule has 0 bridgehead atoms. The molecule has 0 atom stereocenters. The van der Waals surface area contributed by atoms with E-state index in [2.05, 4.69) is 76.2 Å². The van der Waals surface area contributed by atoms with E-state index in [4.69, 9.17) is 5.73 Å². The van der Waals surface area contributed by atoms with Crippen molar-refractivity contribution in [1.29, 1.82) is 0 Å². The Balaban J connectivity index is 1.56. The number of primary amides is 1. The van der Waals surface area contributed by atoms with Gasteiger partial charge in [-0.05, 0) is 60.8 Å². The fourth-order valence-electron chi connectivity index (χ4n) is 5.08. The summed E-state index contributed by atoms with van der Waals surface area (Å²) < 4.78 is 0. The second kappa shape index (κ2) is 9.50.